The molecule has 5 atom stereocenters. The number of hydroxylamine groups is 2. The van der Waals surface area contributed by atoms with Gasteiger partial charge in [0.15, 0.2) is 23.8 Å². The molecule has 4 bridgehead atoms. The van der Waals surface area contributed by atoms with Gasteiger partial charge < -0.3 is 23.4 Å². The van der Waals surface area contributed by atoms with Crippen LogP contribution in [-0.2, 0) is 22.5 Å². The van der Waals surface area contributed by atoms with Crippen molar-refractivity contribution < 1.29 is 22.5 Å². The molecule has 5 rings (SSSR count). The van der Waals surface area contributed by atoms with Crippen molar-refractivity contribution in [3.63, 3.8) is 0 Å². The Kier molecular flexibility index (Phi) is 7.06. The van der Waals surface area contributed by atoms with Gasteiger partial charge in [0, 0.05) is 7.05 Å². The van der Waals surface area contributed by atoms with Crippen LogP contribution in [0, 0.1) is 0 Å². The van der Waals surface area contributed by atoms with Gasteiger partial charge in [-0.05, 0) is 22.2 Å². The minimum atomic E-state index is -2.85. The van der Waals surface area contributed by atoms with Crippen LogP contribution in [0.3, 0.4) is 0 Å². The first kappa shape index (κ1) is 27.1. The third-order valence-electron chi connectivity index (χ3n) is 8.36. The van der Waals surface area contributed by atoms with Gasteiger partial charge in [-0.3, -0.25) is 9.40 Å². The van der Waals surface area contributed by atoms with Gasteiger partial charge in [-0.25, -0.2) is 15.0 Å². The molecule has 2 unspecified atom stereocenters. The highest BCUT2D eigenvalue weighted by Gasteiger charge is 2.64. The summed E-state index contributed by atoms with van der Waals surface area (Å²) >= 11 is 0. The highest BCUT2D eigenvalue weighted by molar-refractivity contribution is 6.83. The largest absolute Gasteiger partial charge is 0.414 e. The van der Waals surface area contributed by atoms with Crippen molar-refractivity contribution in [2.24, 2.45) is 0 Å². The molecule has 37 heavy (non-hydrogen) atoms. The number of hydrogen-bond donors (Lipinski definition) is 1. The van der Waals surface area contributed by atoms with E-state index in [-0.39, 0.29) is 40.4 Å². The lowest BCUT2D eigenvalue weighted by Crippen LogP contribution is -2.63. The summed E-state index contributed by atoms with van der Waals surface area (Å²) in [4.78, 5) is 19.5. The van der Waals surface area contributed by atoms with Gasteiger partial charge in [-0.2, -0.15) is 5.06 Å². The molecule has 2 N–H and O–H groups in total. The number of fused-ring (bicyclic) bond motifs is 1. The van der Waals surface area contributed by atoms with Gasteiger partial charge in [0.1, 0.15) is 24.1 Å². The van der Waals surface area contributed by atoms with E-state index in [4.69, 9.17) is 28.3 Å². The Bertz CT molecular complexity index is 1110. The van der Waals surface area contributed by atoms with Crippen LogP contribution in [0.15, 0.2) is 12.7 Å². The summed E-state index contributed by atoms with van der Waals surface area (Å²) < 4.78 is 30.4. The summed E-state index contributed by atoms with van der Waals surface area (Å²) in [6.07, 6.45) is 1.62. The van der Waals surface area contributed by atoms with Crippen LogP contribution >= 0.6 is 0 Å². The zero-order valence-corrected chi connectivity index (χ0v) is 25.4. The number of anilines is 1. The van der Waals surface area contributed by atoms with Crippen LogP contribution in [0.4, 0.5) is 5.82 Å². The fourth-order valence-electron chi connectivity index (χ4n) is 6.32. The van der Waals surface area contributed by atoms with Crippen LogP contribution in [0.25, 0.3) is 11.2 Å². The normalized spacial score (nSPS) is 31.9. The summed E-state index contributed by atoms with van der Waals surface area (Å²) in [5.41, 5.74) is 8.14. The lowest BCUT2D eigenvalue weighted by Gasteiger charge is -2.48. The zero-order chi connectivity index (χ0) is 26.9. The molecule has 3 aliphatic heterocycles. The number of ether oxygens (including phenoxy) is 1. The Labute approximate surface area is 221 Å². The fraction of sp³-hybridized carbons (Fsp3) is 0.792. The Morgan fingerprint density at radius 1 is 0.892 bits per heavy atom. The molecule has 0 saturated carbocycles. The molecular weight excluding hydrogens is 508 g/mol. The maximum Gasteiger partial charge on any atom is 0.335 e. The van der Waals surface area contributed by atoms with E-state index in [1.165, 1.54) is 6.33 Å². The van der Waals surface area contributed by atoms with Gasteiger partial charge in [0.25, 0.3) is 0 Å². The van der Waals surface area contributed by atoms with Gasteiger partial charge in [0.2, 0.25) is 0 Å². The molecular formula is C24H42N6O5Si2. The molecule has 3 fully saturated rings. The first-order valence-electron chi connectivity index (χ1n) is 13.4. The Hall–Kier alpha value is -1.46. The minimum absolute atomic E-state index is 0.155. The number of rotatable bonds is 5. The Morgan fingerprint density at radius 2 is 1.54 bits per heavy atom. The number of imidazole rings is 1. The second-order valence-electron chi connectivity index (χ2n) is 11.8. The zero-order valence-electron chi connectivity index (χ0n) is 23.4. The van der Waals surface area contributed by atoms with E-state index in [2.05, 4.69) is 70.3 Å². The van der Waals surface area contributed by atoms with Crippen molar-refractivity contribution in [2.75, 3.05) is 19.4 Å². The maximum atomic E-state index is 7.42. The molecule has 206 valence electrons. The van der Waals surface area contributed by atoms with E-state index in [1.807, 2.05) is 16.7 Å². The van der Waals surface area contributed by atoms with E-state index < -0.39 is 29.5 Å². The number of nitrogens with zero attached hydrogens (tertiary/aromatic N) is 5. The van der Waals surface area contributed by atoms with Crippen LogP contribution in [0.5, 0.6) is 0 Å². The smallest absolute Gasteiger partial charge is 0.335 e. The van der Waals surface area contributed by atoms with E-state index in [0.717, 1.165) is 0 Å². The monoisotopic (exact) mass is 550 g/mol. The molecule has 0 aromatic carbocycles. The van der Waals surface area contributed by atoms with Gasteiger partial charge in [-0.15, -0.1) is 0 Å². The van der Waals surface area contributed by atoms with Crippen molar-refractivity contribution in [1.82, 2.24) is 24.6 Å². The van der Waals surface area contributed by atoms with Crippen LogP contribution in [0.1, 0.15) is 61.6 Å². The quantitative estimate of drug-likeness (QED) is 0.549. The Balaban J connectivity index is 1.62. The Morgan fingerprint density at radius 3 is 2.16 bits per heavy atom. The van der Waals surface area contributed by atoms with Crippen LogP contribution < -0.4 is 5.73 Å². The second kappa shape index (κ2) is 9.63. The molecule has 0 aliphatic carbocycles. The van der Waals surface area contributed by atoms with Crippen molar-refractivity contribution in [3.05, 3.63) is 12.7 Å². The third kappa shape index (κ3) is 4.09. The molecule has 0 spiro atoms. The first-order valence-corrected chi connectivity index (χ1v) is 17.4. The van der Waals surface area contributed by atoms with E-state index in [0.29, 0.717) is 23.6 Å². The summed E-state index contributed by atoms with van der Waals surface area (Å²) in [6, 6.07) is -0.155. The molecule has 5 heterocycles. The molecule has 2 aromatic heterocycles. The van der Waals surface area contributed by atoms with Gasteiger partial charge >= 0.3 is 17.1 Å². The average molecular weight is 551 g/mol. The highest BCUT2D eigenvalue weighted by Crippen LogP contribution is 2.50. The standard InChI is InChI=1S/C24H42N6O5Si2/c1-13(2)36(14(3)4)31-10-17-19-20(34-37(35-36,15(5)6)16(7)8)21(33-29(17)9)24(32-19)30-12-28-18-22(25)26-11-27-23(18)30/h11-17,19-21,24H,10H2,1-9H3,(H2,25,26,27)/t17?,19-,20-,21?,24+/m0/s1. The van der Waals surface area contributed by atoms with Gasteiger partial charge in [-0.1, -0.05) is 55.4 Å². The number of likely N-dealkylation sites (N-methyl/N-ethyl adjacent to an activating group) is 1. The van der Waals surface area contributed by atoms with Gasteiger partial charge in [0.05, 0.1) is 19.0 Å². The average Bonchev–Trinajstić information content (AvgIpc) is 3.36. The third-order valence-corrected chi connectivity index (χ3v) is 18.6. The van der Waals surface area contributed by atoms with E-state index in [9.17, 15) is 0 Å². The first-order chi connectivity index (χ1) is 17.4. The summed E-state index contributed by atoms with van der Waals surface area (Å²) in [5, 5.41) is 1.89. The van der Waals surface area contributed by atoms with E-state index >= 15 is 0 Å². The number of nitrogens with two attached hydrogens (primary N) is 1. The summed E-state index contributed by atoms with van der Waals surface area (Å²) in [5.74, 6) is 0.333. The summed E-state index contributed by atoms with van der Waals surface area (Å²) in [6.45, 7) is 18.3. The predicted octanol–water partition coefficient (Wildman–Crippen LogP) is 3.88. The second-order valence-corrected chi connectivity index (χ2v) is 20.7. The van der Waals surface area contributed by atoms with Crippen molar-refractivity contribution >= 4 is 34.1 Å². The fourth-order valence-corrected chi connectivity index (χ4v) is 17.5. The molecule has 0 amide bonds. The number of aromatic nitrogens is 4. The van der Waals surface area contributed by atoms with Crippen LogP contribution in [-0.4, -0.2) is 79.7 Å². The minimum Gasteiger partial charge on any atom is -0.414 e. The molecule has 2 aromatic rings. The number of nitrogen functional groups attached to an aromatic ring is 1. The van der Waals surface area contributed by atoms with Crippen molar-refractivity contribution in [2.45, 2.75) is 108 Å². The van der Waals surface area contributed by atoms with Crippen LogP contribution in [0.2, 0.25) is 22.2 Å². The van der Waals surface area contributed by atoms with Crippen molar-refractivity contribution in [1.29, 1.82) is 0 Å². The SMILES string of the molecule is CC(C)[Si]1(C(C)C)OCC2[C@@H]3O[C@@H](n4cnc5c(N)ncnc54)C(ON2C)[C@H]3O[Si](C(C)C)(C(C)C)O1. The summed E-state index contributed by atoms with van der Waals surface area (Å²) in [7, 11) is -3.59. The molecule has 11 nitrogen and oxygen atoms in total. The number of hydrogen-bond acceptors (Lipinski definition) is 10. The lowest BCUT2D eigenvalue weighted by atomic mass is 10.0. The molecule has 3 aliphatic rings. The topological polar surface area (TPSA) is 119 Å². The molecule has 0 radical (unpaired) electrons. The molecule has 3 saturated heterocycles. The highest BCUT2D eigenvalue weighted by atomic mass is 28.5. The predicted molar refractivity (Wildman–Crippen MR) is 144 cm³/mol. The lowest BCUT2D eigenvalue weighted by molar-refractivity contribution is -0.261. The molecule has 13 heteroatoms. The maximum absolute atomic E-state index is 7.42. The van der Waals surface area contributed by atoms with E-state index in [1.54, 1.807) is 6.33 Å². The van der Waals surface area contributed by atoms with Crippen molar-refractivity contribution in [3.8, 4) is 0 Å².